The Morgan fingerprint density at radius 1 is 1.03 bits per heavy atom. The SMILES string of the molecule is COc1cccc(-c2csc3nc(Cc4cccc5ccccc45)[nH]c(=O)c23)c1. The third-order valence-corrected chi connectivity index (χ3v) is 5.98. The normalized spacial score (nSPS) is 11.2. The molecule has 2 heterocycles. The van der Waals surface area contributed by atoms with Crippen LogP contribution in [0.3, 0.4) is 0 Å². The van der Waals surface area contributed by atoms with Crippen molar-refractivity contribution in [1.29, 1.82) is 0 Å². The fraction of sp³-hybridized carbons (Fsp3) is 0.0833. The van der Waals surface area contributed by atoms with Crippen LogP contribution in [0.4, 0.5) is 0 Å². The van der Waals surface area contributed by atoms with Crippen molar-refractivity contribution < 1.29 is 4.74 Å². The number of rotatable bonds is 4. The summed E-state index contributed by atoms with van der Waals surface area (Å²) < 4.78 is 5.32. The second-order valence-electron chi connectivity index (χ2n) is 6.89. The van der Waals surface area contributed by atoms with Gasteiger partial charge >= 0.3 is 0 Å². The van der Waals surface area contributed by atoms with Gasteiger partial charge in [-0.3, -0.25) is 4.79 Å². The minimum absolute atomic E-state index is 0.107. The lowest BCUT2D eigenvalue weighted by atomic mass is 10.0. The lowest BCUT2D eigenvalue weighted by Crippen LogP contribution is -2.11. The summed E-state index contributed by atoms with van der Waals surface area (Å²) in [5.41, 5.74) is 2.87. The Balaban J connectivity index is 1.58. The zero-order chi connectivity index (χ0) is 19.8. The maximum absolute atomic E-state index is 12.9. The van der Waals surface area contributed by atoms with Gasteiger partial charge in [0.05, 0.1) is 12.5 Å². The van der Waals surface area contributed by atoms with Crippen LogP contribution >= 0.6 is 11.3 Å². The van der Waals surface area contributed by atoms with Crippen molar-refractivity contribution in [3.8, 4) is 16.9 Å². The van der Waals surface area contributed by atoms with Gasteiger partial charge in [-0.15, -0.1) is 11.3 Å². The number of H-pyrrole nitrogens is 1. The van der Waals surface area contributed by atoms with E-state index in [2.05, 4.69) is 29.2 Å². The quantitative estimate of drug-likeness (QED) is 0.441. The van der Waals surface area contributed by atoms with Crippen LogP contribution in [0.5, 0.6) is 5.75 Å². The molecule has 2 aromatic heterocycles. The number of aromatic nitrogens is 2. The largest absolute Gasteiger partial charge is 0.497 e. The van der Waals surface area contributed by atoms with Crippen molar-refractivity contribution in [2.45, 2.75) is 6.42 Å². The van der Waals surface area contributed by atoms with E-state index in [0.29, 0.717) is 17.6 Å². The van der Waals surface area contributed by atoms with E-state index in [-0.39, 0.29) is 5.56 Å². The molecule has 4 nitrogen and oxygen atoms in total. The minimum Gasteiger partial charge on any atom is -0.497 e. The number of hydrogen-bond acceptors (Lipinski definition) is 4. The second kappa shape index (κ2) is 7.18. The van der Waals surface area contributed by atoms with Gasteiger partial charge < -0.3 is 9.72 Å². The predicted molar refractivity (Wildman–Crippen MR) is 119 cm³/mol. The van der Waals surface area contributed by atoms with E-state index in [9.17, 15) is 4.79 Å². The Bertz CT molecular complexity index is 1400. The fourth-order valence-corrected chi connectivity index (χ4v) is 4.67. The Hall–Kier alpha value is -3.44. The summed E-state index contributed by atoms with van der Waals surface area (Å²) in [6.45, 7) is 0. The average molecular weight is 398 g/mol. The molecule has 0 aliphatic heterocycles. The zero-order valence-electron chi connectivity index (χ0n) is 15.8. The summed E-state index contributed by atoms with van der Waals surface area (Å²) in [5, 5.41) is 4.99. The van der Waals surface area contributed by atoms with Gasteiger partial charge in [0.1, 0.15) is 16.4 Å². The number of benzene rings is 3. The third kappa shape index (κ3) is 3.19. The zero-order valence-corrected chi connectivity index (χ0v) is 16.6. The summed E-state index contributed by atoms with van der Waals surface area (Å²) in [4.78, 5) is 21.5. The summed E-state index contributed by atoms with van der Waals surface area (Å²) in [6.07, 6.45) is 0.582. The molecule has 5 rings (SSSR count). The van der Waals surface area contributed by atoms with Gasteiger partial charge in [-0.25, -0.2) is 4.98 Å². The smallest absolute Gasteiger partial charge is 0.260 e. The number of fused-ring (bicyclic) bond motifs is 2. The molecule has 29 heavy (non-hydrogen) atoms. The maximum Gasteiger partial charge on any atom is 0.260 e. The highest BCUT2D eigenvalue weighted by molar-refractivity contribution is 7.17. The van der Waals surface area contributed by atoms with E-state index in [1.54, 1.807) is 7.11 Å². The van der Waals surface area contributed by atoms with Gasteiger partial charge in [-0.1, -0.05) is 54.6 Å². The molecule has 0 atom stereocenters. The van der Waals surface area contributed by atoms with Crippen molar-refractivity contribution in [2.75, 3.05) is 7.11 Å². The Morgan fingerprint density at radius 2 is 1.86 bits per heavy atom. The molecule has 3 aromatic carbocycles. The van der Waals surface area contributed by atoms with E-state index < -0.39 is 0 Å². The Morgan fingerprint density at radius 3 is 2.76 bits per heavy atom. The fourth-order valence-electron chi connectivity index (χ4n) is 3.71. The monoisotopic (exact) mass is 398 g/mol. The van der Waals surface area contributed by atoms with Crippen LogP contribution in [0, 0.1) is 0 Å². The van der Waals surface area contributed by atoms with Crippen molar-refractivity contribution >= 4 is 32.3 Å². The first-order valence-corrected chi connectivity index (χ1v) is 10.2. The summed E-state index contributed by atoms with van der Waals surface area (Å²) in [5.74, 6) is 1.44. The molecule has 0 fully saturated rings. The first-order valence-electron chi connectivity index (χ1n) is 9.34. The van der Waals surface area contributed by atoms with Crippen molar-refractivity contribution in [3.63, 3.8) is 0 Å². The van der Waals surface area contributed by atoms with Gasteiger partial charge in [0.15, 0.2) is 0 Å². The van der Waals surface area contributed by atoms with Crippen LogP contribution in [-0.4, -0.2) is 17.1 Å². The van der Waals surface area contributed by atoms with E-state index in [1.807, 2.05) is 47.8 Å². The van der Waals surface area contributed by atoms with Crippen LogP contribution < -0.4 is 10.3 Å². The second-order valence-corrected chi connectivity index (χ2v) is 7.75. The molecule has 142 valence electrons. The van der Waals surface area contributed by atoms with Crippen LogP contribution in [0.2, 0.25) is 0 Å². The van der Waals surface area contributed by atoms with Gasteiger partial charge in [0, 0.05) is 17.4 Å². The first-order chi connectivity index (χ1) is 14.2. The van der Waals surface area contributed by atoms with Crippen LogP contribution in [0.15, 0.2) is 76.9 Å². The molecule has 0 bridgehead atoms. The molecular formula is C24H18N2O2S. The Labute approximate surface area is 171 Å². The van der Waals surface area contributed by atoms with Gasteiger partial charge in [0.25, 0.3) is 5.56 Å². The van der Waals surface area contributed by atoms with Gasteiger partial charge in [-0.05, 0) is 34.0 Å². The van der Waals surface area contributed by atoms with E-state index >= 15 is 0 Å². The molecule has 0 aliphatic rings. The van der Waals surface area contributed by atoms with Gasteiger partial charge in [-0.2, -0.15) is 0 Å². The first kappa shape index (κ1) is 17.6. The molecule has 1 N–H and O–H groups in total. The topological polar surface area (TPSA) is 55.0 Å². The molecule has 0 radical (unpaired) electrons. The van der Waals surface area contributed by atoms with Crippen molar-refractivity contribution in [3.05, 3.63) is 93.9 Å². The van der Waals surface area contributed by atoms with E-state index in [1.165, 1.54) is 22.1 Å². The number of nitrogens with zero attached hydrogens (tertiary/aromatic N) is 1. The maximum atomic E-state index is 12.9. The summed E-state index contributed by atoms with van der Waals surface area (Å²) in [6, 6.07) is 22.2. The lowest BCUT2D eigenvalue weighted by Gasteiger charge is -2.07. The molecule has 0 amide bonds. The van der Waals surface area contributed by atoms with Crippen molar-refractivity contribution in [1.82, 2.24) is 9.97 Å². The summed E-state index contributed by atoms with van der Waals surface area (Å²) in [7, 11) is 1.64. The highest BCUT2D eigenvalue weighted by Gasteiger charge is 2.14. The molecule has 0 spiro atoms. The highest BCUT2D eigenvalue weighted by atomic mass is 32.1. The van der Waals surface area contributed by atoms with Gasteiger partial charge in [0.2, 0.25) is 0 Å². The van der Waals surface area contributed by atoms with E-state index in [4.69, 9.17) is 9.72 Å². The predicted octanol–water partition coefficient (Wildman–Crippen LogP) is 5.40. The van der Waals surface area contributed by atoms with Crippen molar-refractivity contribution in [2.24, 2.45) is 0 Å². The number of ether oxygens (including phenoxy) is 1. The molecule has 0 saturated heterocycles. The number of methoxy groups -OCH3 is 1. The number of aromatic amines is 1. The highest BCUT2D eigenvalue weighted by Crippen LogP contribution is 2.32. The van der Waals surface area contributed by atoms with E-state index in [0.717, 1.165) is 27.3 Å². The minimum atomic E-state index is -0.107. The molecule has 0 unspecified atom stereocenters. The standard InChI is InChI=1S/C24H18N2O2S/c1-28-18-10-5-9-16(12-18)20-14-29-24-22(20)23(27)25-21(26-24)13-17-8-4-7-15-6-2-3-11-19(15)17/h2-12,14H,13H2,1H3,(H,25,26,27). The molecular weight excluding hydrogens is 380 g/mol. The molecule has 5 aromatic rings. The Kier molecular flexibility index (Phi) is 4.37. The number of nitrogens with one attached hydrogen (secondary N) is 1. The molecule has 0 aliphatic carbocycles. The number of thiophene rings is 1. The molecule has 0 saturated carbocycles. The molecule has 5 heteroatoms. The lowest BCUT2D eigenvalue weighted by molar-refractivity contribution is 0.415. The number of hydrogen-bond donors (Lipinski definition) is 1. The third-order valence-electron chi connectivity index (χ3n) is 5.11. The van der Waals surface area contributed by atoms with Crippen LogP contribution in [0.25, 0.3) is 32.1 Å². The van der Waals surface area contributed by atoms with Crippen LogP contribution in [-0.2, 0) is 6.42 Å². The average Bonchev–Trinajstić information content (AvgIpc) is 3.19. The summed E-state index contributed by atoms with van der Waals surface area (Å²) >= 11 is 1.49. The van der Waals surface area contributed by atoms with Crippen LogP contribution in [0.1, 0.15) is 11.4 Å².